The van der Waals surface area contributed by atoms with Crippen molar-refractivity contribution in [2.24, 2.45) is 0 Å². The van der Waals surface area contributed by atoms with Crippen LogP contribution >= 0.6 is 0 Å². The van der Waals surface area contributed by atoms with E-state index >= 15 is 0 Å². The predicted octanol–water partition coefficient (Wildman–Crippen LogP) is 5.68. The van der Waals surface area contributed by atoms with Crippen LogP contribution in [0.5, 0.6) is 5.75 Å². The van der Waals surface area contributed by atoms with Crippen LogP contribution in [0.4, 0.5) is 4.79 Å². The van der Waals surface area contributed by atoms with Crippen molar-refractivity contribution in [3.8, 4) is 16.9 Å². The average Bonchev–Trinajstić information content (AvgIpc) is 3.07. The number of hydrogen-bond acceptors (Lipinski definition) is 3. The highest BCUT2D eigenvalue weighted by molar-refractivity contribution is 5.82. The molecule has 0 spiro atoms. The number of imidazole rings is 1. The Morgan fingerprint density at radius 2 is 1.91 bits per heavy atom. The molecule has 6 nitrogen and oxygen atoms in total. The van der Waals surface area contributed by atoms with Gasteiger partial charge in [0, 0.05) is 18.7 Å². The van der Waals surface area contributed by atoms with Crippen LogP contribution in [-0.4, -0.2) is 45.5 Å². The molecule has 2 heterocycles. The fourth-order valence-corrected chi connectivity index (χ4v) is 4.68. The molecular formula is C28H30N4O2. The smallest absolute Gasteiger partial charge is 0.320 e. The Kier molecular flexibility index (Phi) is 5.97. The number of carbonyl (C=O) groups excluding carboxylic acids is 1. The van der Waals surface area contributed by atoms with Gasteiger partial charge >= 0.3 is 6.03 Å². The maximum atomic E-state index is 13.5. The van der Waals surface area contributed by atoms with Crippen LogP contribution in [0, 0.1) is 13.8 Å². The zero-order valence-electron chi connectivity index (χ0n) is 20.0. The minimum atomic E-state index is 0.0419. The molecule has 0 bridgehead atoms. The lowest BCUT2D eigenvalue weighted by Crippen LogP contribution is -2.43. The maximum absolute atomic E-state index is 13.5. The molecule has 0 fully saturated rings. The van der Waals surface area contributed by atoms with Gasteiger partial charge in [-0.1, -0.05) is 36.4 Å². The van der Waals surface area contributed by atoms with E-state index in [0.717, 1.165) is 50.4 Å². The third-order valence-corrected chi connectivity index (χ3v) is 6.39. The van der Waals surface area contributed by atoms with E-state index in [1.54, 1.807) is 0 Å². The van der Waals surface area contributed by atoms with Crippen LogP contribution in [0.25, 0.3) is 22.2 Å². The number of carbonyl (C=O) groups is 1. The molecule has 0 unspecified atom stereocenters. The van der Waals surface area contributed by atoms with Crippen LogP contribution in [0.2, 0.25) is 0 Å². The van der Waals surface area contributed by atoms with Crippen molar-refractivity contribution in [3.63, 3.8) is 0 Å². The summed E-state index contributed by atoms with van der Waals surface area (Å²) in [5.41, 5.74) is 7.47. The topological polar surface area (TPSA) is 61.5 Å². The summed E-state index contributed by atoms with van der Waals surface area (Å²) >= 11 is 0. The van der Waals surface area contributed by atoms with E-state index in [9.17, 15) is 4.79 Å². The van der Waals surface area contributed by atoms with Crippen molar-refractivity contribution in [2.45, 2.75) is 33.9 Å². The number of aromatic amines is 1. The Morgan fingerprint density at radius 1 is 1.09 bits per heavy atom. The molecular weight excluding hydrogens is 424 g/mol. The summed E-state index contributed by atoms with van der Waals surface area (Å²) in [7, 11) is 0. The number of aryl methyl sites for hydroxylation is 2. The van der Waals surface area contributed by atoms with Crippen molar-refractivity contribution < 1.29 is 9.53 Å². The quantitative estimate of drug-likeness (QED) is 0.431. The van der Waals surface area contributed by atoms with Gasteiger partial charge in [-0.3, -0.25) is 0 Å². The predicted molar refractivity (Wildman–Crippen MR) is 135 cm³/mol. The Balaban J connectivity index is 1.43. The molecule has 0 saturated carbocycles. The lowest BCUT2D eigenvalue weighted by molar-refractivity contribution is 0.145. The number of nitrogens with one attached hydrogen (secondary N) is 1. The number of aromatic nitrogens is 2. The number of hydrogen-bond donors (Lipinski definition) is 1. The van der Waals surface area contributed by atoms with E-state index in [-0.39, 0.29) is 6.03 Å². The molecule has 1 N–H and O–H groups in total. The molecule has 0 radical (unpaired) electrons. The zero-order valence-corrected chi connectivity index (χ0v) is 20.0. The van der Waals surface area contributed by atoms with Gasteiger partial charge in [-0.05, 0) is 67.3 Å². The summed E-state index contributed by atoms with van der Waals surface area (Å²) in [5, 5.41) is 0. The second kappa shape index (κ2) is 9.21. The van der Waals surface area contributed by atoms with Gasteiger partial charge in [0.15, 0.2) is 0 Å². The highest BCUT2D eigenvalue weighted by atomic mass is 16.5. The molecule has 34 heavy (non-hydrogen) atoms. The lowest BCUT2D eigenvalue weighted by atomic mass is 9.98. The highest BCUT2D eigenvalue weighted by Gasteiger charge is 2.25. The summed E-state index contributed by atoms with van der Waals surface area (Å²) < 4.78 is 6.13. The van der Waals surface area contributed by atoms with Crippen molar-refractivity contribution in [1.29, 1.82) is 0 Å². The first-order valence-corrected chi connectivity index (χ1v) is 11.8. The minimum absolute atomic E-state index is 0.0419. The van der Waals surface area contributed by atoms with Crippen molar-refractivity contribution >= 4 is 17.1 Å². The van der Waals surface area contributed by atoms with Crippen LogP contribution in [0.15, 0.2) is 60.7 Å². The summed E-state index contributed by atoms with van der Waals surface area (Å²) in [5.74, 6) is 1.80. The molecule has 0 saturated heterocycles. The molecule has 4 aromatic rings. The molecule has 1 aliphatic heterocycles. The monoisotopic (exact) mass is 454 g/mol. The molecule has 5 rings (SSSR count). The van der Waals surface area contributed by atoms with Crippen LogP contribution in [0.1, 0.15) is 29.4 Å². The second-order valence-electron chi connectivity index (χ2n) is 8.89. The summed E-state index contributed by atoms with van der Waals surface area (Å²) in [6.45, 7) is 8.90. The Hall–Kier alpha value is -3.80. The van der Waals surface area contributed by atoms with Gasteiger partial charge in [0.2, 0.25) is 0 Å². The van der Waals surface area contributed by atoms with Gasteiger partial charge in [-0.25, -0.2) is 9.78 Å². The van der Waals surface area contributed by atoms with Crippen LogP contribution < -0.4 is 4.74 Å². The van der Waals surface area contributed by atoms with Crippen molar-refractivity contribution in [1.82, 2.24) is 19.8 Å². The van der Waals surface area contributed by atoms with E-state index in [4.69, 9.17) is 4.74 Å². The fraction of sp³-hybridized carbons (Fsp3) is 0.286. The standard InChI is InChI=1S/C28H30N4O2/c1-4-31(17-21-8-6-5-7-9-21)28(33)32-12-13-34-27-19(2)14-23(15-24(27)18-32)22-10-11-25-26(16-22)30-20(3)29-25/h5-11,14-16H,4,12-13,17-18H2,1-3H3,(H,29,30). The van der Waals surface area contributed by atoms with Crippen LogP contribution in [0.3, 0.4) is 0 Å². The number of benzene rings is 3. The first-order valence-electron chi connectivity index (χ1n) is 11.8. The molecule has 0 atom stereocenters. The molecule has 2 amide bonds. The lowest BCUT2D eigenvalue weighted by Gasteiger charge is -2.29. The maximum Gasteiger partial charge on any atom is 0.320 e. The van der Waals surface area contributed by atoms with Crippen LogP contribution in [-0.2, 0) is 13.1 Å². The van der Waals surface area contributed by atoms with Gasteiger partial charge < -0.3 is 19.5 Å². The number of ether oxygens (including phenoxy) is 1. The van der Waals surface area contributed by atoms with Crippen molar-refractivity contribution in [2.75, 3.05) is 19.7 Å². The molecule has 1 aromatic heterocycles. The number of amides is 2. The Bertz CT molecular complexity index is 1330. The largest absolute Gasteiger partial charge is 0.491 e. The van der Waals surface area contributed by atoms with Gasteiger partial charge in [0.05, 0.1) is 24.1 Å². The third-order valence-electron chi connectivity index (χ3n) is 6.39. The Labute approximate surface area is 200 Å². The van der Waals surface area contributed by atoms with E-state index in [0.29, 0.717) is 32.8 Å². The van der Waals surface area contributed by atoms with E-state index in [1.807, 2.05) is 47.9 Å². The summed E-state index contributed by atoms with van der Waals surface area (Å²) in [6.07, 6.45) is 0. The fourth-order valence-electron chi connectivity index (χ4n) is 4.68. The number of urea groups is 1. The van der Waals surface area contributed by atoms with Gasteiger partial charge in [0.25, 0.3) is 0 Å². The number of nitrogens with zero attached hydrogens (tertiary/aromatic N) is 3. The SMILES string of the molecule is CCN(Cc1ccccc1)C(=O)N1CCOc2c(C)cc(-c3ccc4nc(C)[nH]c4c3)cc2C1. The summed E-state index contributed by atoms with van der Waals surface area (Å²) in [4.78, 5) is 25.1. The second-order valence-corrected chi connectivity index (χ2v) is 8.89. The van der Waals surface area contributed by atoms with Crippen molar-refractivity contribution in [3.05, 3.63) is 83.2 Å². The zero-order chi connectivity index (χ0) is 23.7. The Morgan fingerprint density at radius 3 is 2.71 bits per heavy atom. The minimum Gasteiger partial charge on any atom is -0.491 e. The molecule has 3 aromatic carbocycles. The highest BCUT2D eigenvalue weighted by Crippen LogP contribution is 2.34. The first-order chi connectivity index (χ1) is 16.5. The molecule has 174 valence electrons. The molecule has 0 aliphatic carbocycles. The third kappa shape index (κ3) is 4.36. The first kappa shape index (κ1) is 22.0. The number of fused-ring (bicyclic) bond motifs is 2. The van der Waals surface area contributed by atoms with E-state index in [1.165, 1.54) is 0 Å². The normalized spacial score (nSPS) is 13.3. The summed E-state index contributed by atoms with van der Waals surface area (Å²) in [6, 6.07) is 20.8. The van der Waals surface area contributed by atoms with E-state index in [2.05, 4.69) is 53.3 Å². The molecule has 6 heteroatoms. The van der Waals surface area contributed by atoms with Gasteiger partial charge in [0.1, 0.15) is 18.2 Å². The van der Waals surface area contributed by atoms with Gasteiger partial charge in [-0.2, -0.15) is 0 Å². The molecule has 1 aliphatic rings. The number of H-pyrrole nitrogens is 1. The number of rotatable bonds is 4. The van der Waals surface area contributed by atoms with Gasteiger partial charge in [-0.15, -0.1) is 0 Å². The average molecular weight is 455 g/mol. The van der Waals surface area contributed by atoms with E-state index < -0.39 is 0 Å².